The van der Waals surface area contributed by atoms with Crippen molar-refractivity contribution in [3.05, 3.63) is 132 Å². The third kappa shape index (κ3) is 13.8. The molecular weight excluding hydrogens is 1050 g/mol. The maximum absolute atomic E-state index is 12.5. The van der Waals surface area contributed by atoms with Gasteiger partial charge in [-0.15, -0.1) is 10.2 Å². The quantitative estimate of drug-likeness (QED) is 0.0299. The summed E-state index contributed by atoms with van der Waals surface area (Å²) in [7, 11) is -29.2. The van der Waals surface area contributed by atoms with Crippen LogP contribution >= 0.6 is 0 Å². The van der Waals surface area contributed by atoms with E-state index in [2.05, 4.69) is 40.9 Å². The highest BCUT2D eigenvalue weighted by molar-refractivity contribution is 7.87. The van der Waals surface area contributed by atoms with E-state index in [9.17, 15) is 68.7 Å². The molecule has 0 amide bonds. The third-order valence-electron chi connectivity index (χ3n) is 8.81. The SMILES string of the molecule is O=S(=O)(O)c1ccc(N=Nc2ccc(N=Nc3ccc(/C=C\c4ccc(N=Nc5ccc(N=Nc6ccc(S(=O)(=O)O)cc6)cc5S(=O)(=O)O)cc4S(=O)(=O)O)c(S(=O)(=O)O)c3)c(S(=O)(=O)O)c2)cc1. The van der Waals surface area contributed by atoms with Crippen LogP contribution in [0.15, 0.2) is 192 Å². The van der Waals surface area contributed by atoms with Crippen molar-refractivity contribution in [3.8, 4) is 0 Å². The molecule has 0 atom stereocenters. The van der Waals surface area contributed by atoms with Gasteiger partial charge in [-0.1, -0.05) is 24.3 Å². The molecule has 6 rings (SSSR count). The zero-order chi connectivity index (χ0) is 51.5. The molecule has 32 heteroatoms. The molecule has 0 spiro atoms. The lowest BCUT2D eigenvalue weighted by Crippen LogP contribution is -2.01. The van der Waals surface area contributed by atoms with Gasteiger partial charge in [0.15, 0.2) is 0 Å². The van der Waals surface area contributed by atoms with Crippen molar-refractivity contribution >= 4 is 118 Å². The molecule has 6 aromatic carbocycles. The summed E-state index contributed by atoms with van der Waals surface area (Å²) in [5.74, 6) is 0. The average Bonchev–Trinajstić information content (AvgIpc) is 3.27. The molecule has 0 saturated carbocycles. The van der Waals surface area contributed by atoms with E-state index in [0.29, 0.717) is 0 Å². The Hall–Kier alpha value is -7.08. The summed E-state index contributed by atoms with van der Waals surface area (Å²) in [6.45, 7) is 0. The van der Waals surface area contributed by atoms with Crippen LogP contribution in [0.25, 0.3) is 12.2 Å². The molecule has 6 N–H and O–H groups in total. The Labute approximate surface area is 396 Å². The van der Waals surface area contributed by atoms with Gasteiger partial charge in [-0.05, 0) is 120 Å². The lowest BCUT2D eigenvalue weighted by Gasteiger charge is -2.07. The standard InChI is InChI=1S/C38H28N8O18S6/c47-65(48,49)31-13-7-25(8-14-31)39-41-29-11-17-33(37(21-29)69(59,60)61)45-43-27-5-3-23(35(19-27)67(53,54)55)1-2-24-4-6-28(20-36(24)68(56,57)58)44-46-34-18-12-30(22-38(34)70(62,63)64)42-40-26-9-15-32(16-10-26)66(50,51)52/h1-22H,(H,47,48,49)(H,50,51,52)(H,53,54,55)(H,56,57,58)(H,59,60,61)(H,62,63,64)/b2-1-,41-39?,42-40?,45-43?,46-44?. The number of hydrogen-bond donors (Lipinski definition) is 6. The molecule has 6 aromatic rings. The molecule has 0 radical (unpaired) electrons. The van der Waals surface area contributed by atoms with Gasteiger partial charge in [0.25, 0.3) is 60.7 Å². The summed E-state index contributed by atoms with van der Waals surface area (Å²) >= 11 is 0. The van der Waals surface area contributed by atoms with Crippen molar-refractivity contribution in [3.63, 3.8) is 0 Å². The smallest absolute Gasteiger partial charge is 0.282 e. The van der Waals surface area contributed by atoms with Crippen LogP contribution in [-0.4, -0.2) is 77.8 Å². The lowest BCUT2D eigenvalue weighted by molar-refractivity contribution is 0.480. The van der Waals surface area contributed by atoms with Crippen LogP contribution in [-0.2, 0) is 60.7 Å². The van der Waals surface area contributed by atoms with Crippen molar-refractivity contribution in [1.29, 1.82) is 0 Å². The second kappa shape index (κ2) is 20.1. The highest BCUT2D eigenvalue weighted by Crippen LogP contribution is 2.35. The van der Waals surface area contributed by atoms with Crippen LogP contribution in [0.2, 0.25) is 0 Å². The molecule has 0 bridgehead atoms. The van der Waals surface area contributed by atoms with E-state index in [1.54, 1.807) is 0 Å². The van der Waals surface area contributed by atoms with E-state index in [4.69, 9.17) is 9.11 Å². The van der Waals surface area contributed by atoms with Gasteiger partial charge in [0.1, 0.15) is 31.0 Å². The topological polar surface area (TPSA) is 425 Å². The number of nitrogens with zero attached hydrogens (tertiary/aromatic N) is 8. The van der Waals surface area contributed by atoms with Crippen molar-refractivity contribution in [2.24, 2.45) is 40.9 Å². The fourth-order valence-electron chi connectivity index (χ4n) is 5.60. The van der Waals surface area contributed by atoms with Gasteiger partial charge in [0.05, 0.1) is 43.9 Å². The highest BCUT2D eigenvalue weighted by atomic mass is 32.2. The fourth-order valence-corrected chi connectivity index (χ4v) is 9.26. The first-order valence-corrected chi connectivity index (χ1v) is 27.1. The molecule has 0 unspecified atom stereocenters. The molecule has 0 aliphatic carbocycles. The Bertz CT molecular complexity index is 3670. The molecule has 70 heavy (non-hydrogen) atoms. The van der Waals surface area contributed by atoms with Crippen LogP contribution in [0.4, 0.5) is 45.5 Å². The summed E-state index contributed by atoms with van der Waals surface area (Å²) in [5.41, 5.74) is -2.18. The second-order valence-electron chi connectivity index (χ2n) is 13.7. The number of hydrogen-bond acceptors (Lipinski definition) is 20. The van der Waals surface area contributed by atoms with Crippen LogP contribution in [0.5, 0.6) is 0 Å². The molecule has 0 saturated heterocycles. The van der Waals surface area contributed by atoms with E-state index in [1.165, 1.54) is 36.4 Å². The van der Waals surface area contributed by atoms with Gasteiger partial charge in [-0.25, -0.2) is 0 Å². The number of rotatable bonds is 16. The van der Waals surface area contributed by atoms with Crippen molar-refractivity contribution in [2.75, 3.05) is 0 Å². The first-order valence-electron chi connectivity index (χ1n) is 18.4. The van der Waals surface area contributed by atoms with Crippen LogP contribution < -0.4 is 0 Å². The maximum atomic E-state index is 12.5. The molecule has 26 nitrogen and oxygen atoms in total. The number of benzene rings is 6. The Morgan fingerprint density at radius 1 is 0.271 bits per heavy atom. The van der Waals surface area contributed by atoms with Gasteiger partial charge in [0.2, 0.25) is 0 Å². The average molecular weight is 1080 g/mol. The van der Waals surface area contributed by atoms with Crippen molar-refractivity contribution < 1.29 is 77.8 Å². The lowest BCUT2D eigenvalue weighted by atomic mass is 10.1. The van der Waals surface area contributed by atoms with E-state index < -0.39 is 101 Å². The van der Waals surface area contributed by atoms with E-state index in [1.807, 2.05) is 0 Å². The summed E-state index contributed by atoms with van der Waals surface area (Å²) in [5, 5.41) is 30.4. The summed E-state index contributed by atoms with van der Waals surface area (Å²) < 4.78 is 202. The number of azo groups is 4. The minimum Gasteiger partial charge on any atom is -0.282 e. The van der Waals surface area contributed by atoms with Crippen LogP contribution in [0.3, 0.4) is 0 Å². The third-order valence-corrected chi connectivity index (χ3v) is 14.1. The first-order chi connectivity index (χ1) is 32.4. The van der Waals surface area contributed by atoms with Gasteiger partial charge >= 0.3 is 0 Å². The van der Waals surface area contributed by atoms with Crippen molar-refractivity contribution in [2.45, 2.75) is 29.4 Å². The predicted octanol–water partition coefficient (Wildman–Crippen LogP) is 9.00. The van der Waals surface area contributed by atoms with Gasteiger partial charge in [-0.3, -0.25) is 27.3 Å². The normalized spacial score (nSPS) is 13.4. The molecular formula is C38H28N8O18S6. The minimum atomic E-state index is -5.08. The fraction of sp³-hybridized carbons (Fsp3) is 0. The molecule has 0 fully saturated rings. The largest absolute Gasteiger partial charge is 0.296 e. The monoisotopic (exact) mass is 1080 g/mol. The molecule has 0 aliphatic heterocycles. The second-order valence-corrected chi connectivity index (χ2v) is 22.1. The Morgan fingerprint density at radius 2 is 0.514 bits per heavy atom. The van der Waals surface area contributed by atoms with Crippen molar-refractivity contribution in [1.82, 2.24) is 0 Å². The Balaban J connectivity index is 1.24. The van der Waals surface area contributed by atoms with Gasteiger partial charge < -0.3 is 0 Å². The Morgan fingerprint density at radius 3 is 0.800 bits per heavy atom. The Kier molecular flexibility index (Phi) is 15.0. The predicted molar refractivity (Wildman–Crippen MR) is 243 cm³/mol. The molecule has 0 aliphatic rings. The van der Waals surface area contributed by atoms with Gasteiger partial charge in [0, 0.05) is 0 Å². The van der Waals surface area contributed by atoms with E-state index >= 15 is 0 Å². The van der Waals surface area contributed by atoms with E-state index in [-0.39, 0.29) is 45.3 Å². The molecule has 0 heterocycles. The van der Waals surface area contributed by atoms with Gasteiger partial charge in [-0.2, -0.15) is 81.2 Å². The maximum Gasteiger partial charge on any atom is 0.296 e. The van der Waals surface area contributed by atoms with Crippen LogP contribution in [0.1, 0.15) is 11.1 Å². The first kappa shape index (κ1) is 52.3. The zero-order valence-corrected chi connectivity index (χ0v) is 39.2. The zero-order valence-electron chi connectivity index (χ0n) is 34.3. The summed E-state index contributed by atoms with van der Waals surface area (Å²) in [6, 6.07) is 21.2. The summed E-state index contributed by atoms with van der Waals surface area (Å²) in [4.78, 5) is -4.12. The highest BCUT2D eigenvalue weighted by Gasteiger charge is 2.21. The summed E-state index contributed by atoms with van der Waals surface area (Å²) in [6.07, 6.45) is 2.04. The molecule has 0 aromatic heterocycles. The van der Waals surface area contributed by atoms with Crippen LogP contribution in [0, 0.1) is 0 Å². The van der Waals surface area contributed by atoms with E-state index in [0.717, 1.165) is 97.1 Å². The minimum absolute atomic E-state index is 0.0907. The molecule has 364 valence electrons.